The van der Waals surface area contributed by atoms with Crippen LogP contribution in [0, 0.1) is 0 Å². The second kappa shape index (κ2) is 4.81. The molecule has 0 aliphatic heterocycles. The van der Waals surface area contributed by atoms with Crippen molar-refractivity contribution < 1.29 is 8.42 Å². The third kappa shape index (κ3) is 3.68. The van der Waals surface area contributed by atoms with Crippen molar-refractivity contribution in [3.63, 3.8) is 0 Å². The van der Waals surface area contributed by atoms with Gasteiger partial charge in [0.1, 0.15) is 0 Å². The van der Waals surface area contributed by atoms with Crippen molar-refractivity contribution in [3.05, 3.63) is 40.5 Å². The largest absolute Gasteiger partial charge is 0.267 e. The van der Waals surface area contributed by atoms with E-state index in [9.17, 15) is 8.42 Å². The van der Waals surface area contributed by atoms with E-state index in [1.807, 2.05) is 30.3 Å². The van der Waals surface area contributed by atoms with Crippen molar-refractivity contribution in [1.82, 2.24) is 4.31 Å². The summed E-state index contributed by atoms with van der Waals surface area (Å²) < 4.78 is 24.1. The minimum Gasteiger partial charge on any atom is -0.267 e. The van der Waals surface area contributed by atoms with Gasteiger partial charge in [0.05, 0.1) is 10.9 Å². The van der Waals surface area contributed by atoms with Crippen molar-refractivity contribution in [2.45, 2.75) is 0 Å². The molecule has 1 rings (SSSR count). The van der Waals surface area contributed by atoms with Crippen LogP contribution in [0.5, 0.6) is 0 Å². The molecule has 15 heavy (non-hydrogen) atoms. The van der Waals surface area contributed by atoms with Gasteiger partial charge >= 0.3 is 0 Å². The van der Waals surface area contributed by atoms with Crippen LogP contribution in [0.1, 0.15) is 5.56 Å². The Morgan fingerprint density at radius 2 is 1.87 bits per heavy atom. The summed E-state index contributed by atoms with van der Waals surface area (Å²) in [7, 11) is -1.71. The molecular weight excluding hydrogens is 278 g/mol. The molecule has 0 N–H and O–H groups in total. The molecule has 1 aromatic rings. The number of halogens is 1. The molecule has 0 saturated carbocycles. The Morgan fingerprint density at radius 1 is 1.33 bits per heavy atom. The fraction of sp³-hybridized carbons (Fsp3) is 0.200. The minimum absolute atomic E-state index is 0.510. The van der Waals surface area contributed by atoms with Gasteiger partial charge in [-0.2, -0.15) is 0 Å². The molecule has 0 atom stereocenters. The Hall–Kier alpha value is -0.810. The summed E-state index contributed by atoms with van der Waals surface area (Å²) in [5.74, 6) is 0. The van der Waals surface area contributed by atoms with E-state index in [4.69, 9.17) is 0 Å². The highest BCUT2D eigenvalue weighted by Crippen LogP contribution is 2.17. The van der Waals surface area contributed by atoms with Crippen molar-refractivity contribution in [3.8, 4) is 0 Å². The first-order valence-electron chi connectivity index (χ1n) is 4.27. The van der Waals surface area contributed by atoms with Crippen LogP contribution in [0.2, 0.25) is 0 Å². The Balaban J connectivity index is 2.95. The molecule has 0 radical (unpaired) electrons. The summed E-state index contributed by atoms with van der Waals surface area (Å²) in [4.78, 5) is 0. The Bertz CT molecular complexity index is 454. The van der Waals surface area contributed by atoms with Crippen LogP contribution in [-0.4, -0.2) is 26.0 Å². The molecule has 0 aliphatic carbocycles. The second-order valence-electron chi connectivity index (χ2n) is 3.11. The Labute approximate surface area is 98.6 Å². The summed E-state index contributed by atoms with van der Waals surface area (Å²) >= 11 is 3.22. The van der Waals surface area contributed by atoms with Gasteiger partial charge in [0.15, 0.2) is 0 Å². The fourth-order valence-corrected chi connectivity index (χ4v) is 2.36. The van der Waals surface area contributed by atoms with Crippen LogP contribution in [0.25, 0.3) is 6.08 Å². The molecule has 1 aromatic carbocycles. The molecule has 3 nitrogen and oxygen atoms in total. The predicted molar refractivity (Wildman–Crippen MR) is 66.0 cm³/mol. The van der Waals surface area contributed by atoms with Gasteiger partial charge in [0.25, 0.3) is 0 Å². The highest BCUT2D eigenvalue weighted by atomic mass is 79.9. The minimum atomic E-state index is -3.20. The molecule has 0 aliphatic rings. The zero-order valence-electron chi connectivity index (χ0n) is 8.51. The van der Waals surface area contributed by atoms with Gasteiger partial charge < -0.3 is 0 Å². The summed E-state index contributed by atoms with van der Waals surface area (Å²) in [6, 6.07) is 9.50. The first-order valence-corrected chi connectivity index (χ1v) is 6.91. The van der Waals surface area contributed by atoms with E-state index in [1.54, 1.807) is 6.08 Å². The molecule has 5 heteroatoms. The maximum Gasteiger partial charge on any atom is 0.232 e. The van der Waals surface area contributed by atoms with Crippen LogP contribution in [-0.2, 0) is 10.0 Å². The molecule has 0 fully saturated rings. The Kier molecular flexibility index (Phi) is 3.93. The van der Waals surface area contributed by atoms with Gasteiger partial charge in [-0.15, -0.1) is 0 Å². The van der Waals surface area contributed by atoms with Crippen LogP contribution in [0.15, 0.2) is 34.9 Å². The SMILES string of the molecule is CN(/C(Br)=C\c1ccccc1)S(C)(=O)=O. The van der Waals surface area contributed by atoms with E-state index < -0.39 is 10.0 Å². The summed E-state index contributed by atoms with van der Waals surface area (Å²) in [5, 5.41) is 0. The second-order valence-corrected chi connectivity index (χ2v) is 5.93. The predicted octanol–water partition coefficient (Wildman–Crippen LogP) is 2.27. The molecule has 0 saturated heterocycles. The third-order valence-electron chi connectivity index (χ3n) is 1.88. The number of nitrogens with zero attached hydrogens (tertiary/aromatic N) is 1. The summed E-state index contributed by atoms with van der Waals surface area (Å²) in [6.45, 7) is 0. The molecule has 0 spiro atoms. The van der Waals surface area contributed by atoms with Gasteiger partial charge in [0, 0.05) is 7.05 Å². The van der Waals surface area contributed by atoms with Crippen molar-refractivity contribution in [2.24, 2.45) is 0 Å². The normalized spacial score (nSPS) is 12.6. The van der Waals surface area contributed by atoms with Crippen LogP contribution in [0.4, 0.5) is 0 Å². The molecular formula is C10H12BrNO2S. The van der Waals surface area contributed by atoms with E-state index in [1.165, 1.54) is 11.4 Å². The van der Waals surface area contributed by atoms with E-state index in [-0.39, 0.29) is 0 Å². The highest BCUT2D eigenvalue weighted by Gasteiger charge is 2.11. The van der Waals surface area contributed by atoms with Crippen LogP contribution < -0.4 is 0 Å². The fourth-order valence-electron chi connectivity index (χ4n) is 0.936. The smallest absolute Gasteiger partial charge is 0.232 e. The van der Waals surface area contributed by atoms with E-state index >= 15 is 0 Å². The first-order chi connectivity index (χ1) is 6.91. The Morgan fingerprint density at radius 3 is 2.33 bits per heavy atom. The van der Waals surface area contributed by atoms with E-state index in [0.29, 0.717) is 4.61 Å². The van der Waals surface area contributed by atoms with Gasteiger partial charge in [-0.05, 0) is 27.6 Å². The topological polar surface area (TPSA) is 37.4 Å². The summed E-state index contributed by atoms with van der Waals surface area (Å²) in [6.07, 6.45) is 2.91. The lowest BCUT2D eigenvalue weighted by Gasteiger charge is -2.15. The molecule has 0 amide bonds. The standard InChI is InChI=1S/C10H12BrNO2S/c1-12(15(2,13)14)10(11)8-9-6-4-3-5-7-9/h3-8H,1-2H3/b10-8-. The maximum absolute atomic E-state index is 11.2. The lowest BCUT2D eigenvalue weighted by atomic mass is 10.2. The van der Waals surface area contributed by atoms with Gasteiger partial charge in [-0.25, -0.2) is 8.42 Å². The quantitative estimate of drug-likeness (QED) is 0.801. The average molecular weight is 290 g/mol. The van der Waals surface area contributed by atoms with E-state index in [2.05, 4.69) is 15.9 Å². The number of benzene rings is 1. The average Bonchev–Trinajstić information content (AvgIpc) is 2.16. The lowest BCUT2D eigenvalue weighted by molar-refractivity contribution is 0.544. The monoisotopic (exact) mass is 289 g/mol. The first kappa shape index (κ1) is 12.3. The maximum atomic E-state index is 11.2. The van der Waals surface area contributed by atoms with Gasteiger partial charge in [-0.1, -0.05) is 30.3 Å². The van der Waals surface area contributed by atoms with Crippen molar-refractivity contribution >= 4 is 32.0 Å². The number of hydrogen-bond donors (Lipinski definition) is 0. The molecule has 0 aromatic heterocycles. The molecule has 82 valence electrons. The van der Waals surface area contributed by atoms with Gasteiger partial charge in [0.2, 0.25) is 10.0 Å². The number of hydrogen-bond acceptors (Lipinski definition) is 2. The van der Waals surface area contributed by atoms with Crippen molar-refractivity contribution in [1.29, 1.82) is 0 Å². The third-order valence-corrected chi connectivity index (χ3v) is 4.07. The zero-order valence-corrected chi connectivity index (χ0v) is 10.9. The van der Waals surface area contributed by atoms with Crippen LogP contribution >= 0.6 is 15.9 Å². The highest BCUT2D eigenvalue weighted by molar-refractivity contribution is 9.11. The molecule has 0 bridgehead atoms. The van der Waals surface area contributed by atoms with Gasteiger partial charge in [-0.3, -0.25) is 4.31 Å². The summed E-state index contributed by atoms with van der Waals surface area (Å²) in [5.41, 5.74) is 0.944. The zero-order chi connectivity index (χ0) is 11.5. The number of sulfonamides is 1. The van der Waals surface area contributed by atoms with Crippen molar-refractivity contribution in [2.75, 3.05) is 13.3 Å². The lowest BCUT2D eigenvalue weighted by Crippen LogP contribution is -2.22. The van der Waals surface area contributed by atoms with E-state index in [0.717, 1.165) is 11.8 Å². The molecule has 0 unspecified atom stereocenters. The number of rotatable bonds is 3. The molecule has 0 heterocycles. The van der Waals surface area contributed by atoms with Crippen LogP contribution in [0.3, 0.4) is 0 Å².